The van der Waals surface area contributed by atoms with Gasteiger partial charge in [0.1, 0.15) is 0 Å². The molecular weight excluding hydrogens is 296 g/mol. The summed E-state index contributed by atoms with van der Waals surface area (Å²) in [5.74, 6) is 0. The van der Waals surface area contributed by atoms with E-state index in [4.69, 9.17) is 0 Å². The number of quaternary nitrogens is 1. The number of hydrogen-bond acceptors (Lipinski definition) is 1. The zero-order valence-electron chi connectivity index (χ0n) is 16.5. The summed E-state index contributed by atoms with van der Waals surface area (Å²) in [4.78, 5) is 0. The normalized spacial score (nSPS) is 12.0. The van der Waals surface area contributed by atoms with Crippen LogP contribution >= 0.6 is 0 Å². The second-order valence-corrected chi connectivity index (χ2v) is 8.61. The van der Waals surface area contributed by atoms with Crippen LogP contribution in [-0.4, -0.2) is 55.5 Å². The molecule has 137 valence electrons. The van der Waals surface area contributed by atoms with Crippen molar-refractivity contribution < 1.29 is 4.48 Å². The molecule has 0 bridgehead atoms. The first-order chi connectivity index (χ1) is 11.1. The summed E-state index contributed by atoms with van der Waals surface area (Å²) < 4.78 is 1.12. The van der Waals surface area contributed by atoms with Crippen LogP contribution in [0, 0.1) is 0 Å². The van der Waals surface area contributed by atoms with E-state index in [1.165, 1.54) is 103 Å². The van der Waals surface area contributed by atoms with E-state index in [-0.39, 0.29) is 0 Å². The van der Waals surface area contributed by atoms with Gasteiger partial charge in [0.05, 0.1) is 27.7 Å². The Kier molecular flexibility index (Phi) is 17.1. The number of rotatable bonds is 18. The van der Waals surface area contributed by atoms with Crippen molar-refractivity contribution in [3.05, 3.63) is 0 Å². The molecule has 0 amide bonds. The van der Waals surface area contributed by atoms with E-state index in [0.717, 1.165) is 10.5 Å². The van der Waals surface area contributed by atoms with Gasteiger partial charge in [-0.3, -0.25) is 0 Å². The zero-order valence-corrected chi connectivity index (χ0v) is 17.5. The minimum atomic E-state index is 1.11. The van der Waals surface area contributed by atoms with Gasteiger partial charge < -0.3 is 9.80 Å². The van der Waals surface area contributed by atoms with Crippen LogP contribution in [0.3, 0.4) is 0 Å². The molecule has 3 heteroatoms. The summed E-state index contributed by atoms with van der Waals surface area (Å²) >= 11 is 0. The Balaban J connectivity index is 3.00. The highest BCUT2D eigenvalue weighted by Crippen LogP contribution is 2.12. The van der Waals surface area contributed by atoms with Gasteiger partial charge >= 0.3 is 0 Å². The molecule has 0 unspecified atom stereocenters. The van der Waals surface area contributed by atoms with Crippen molar-refractivity contribution in [1.29, 1.82) is 0 Å². The van der Waals surface area contributed by atoms with Crippen LogP contribution in [-0.2, 0) is 0 Å². The molecule has 0 saturated heterocycles. The van der Waals surface area contributed by atoms with Crippen molar-refractivity contribution >= 4 is 10.2 Å². The van der Waals surface area contributed by atoms with Crippen LogP contribution in [0.15, 0.2) is 0 Å². The second kappa shape index (κ2) is 17.0. The predicted octanol–water partition coefficient (Wildman–Crippen LogP) is 4.94. The lowest BCUT2D eigenvalue weighted by Crippen LogP contribution is -2.35. The van der Waals surface area contributed by atoms with Gasteiger partial charge in [-0.15, -0.1) is 0 Å². The van der Waals surface area contributed by atoms with Gasteiger partial charge in [0.25, 0.3) is 0 Å². The van der Waals surface area contributed by atoms with Gasteiger partial charge in [-0.05, 0) is 38.8 Å². The van der Waals surface area contributed by atoms with Crippen LogP contribution in [0.4, 0.5) is 0 Å². The lowest BCUT2D eigenvalue weighted by Gasteiger charge is -2.23. The summed E-state index contributed by atoms with van der Waals surface area (Å²) in [6, 6.07) is 1.11. The molecule has 0 aromatic carbocycles. The minimum Gasteiger partial charge on any atom is -0.331 e. The summed E-state index contributed by atoms with van der Waals surface area (Å²) in [6.07, 6.45) is 18.5. The van der Waals surface area contributed by atoms with Gasteiger partial charge in [0, 0.05) is 10.2 Å². The Hall–Kier alpha value is 0.137. The maximum atomic E-state index is 3.50. The minimum absolute atomic E-state index is 1.11. The number of unbranched alkanes of at least 4 members (excludes halogenated alkanes) is 11. The molecule has 1 N–H and O–H groups in total. The predicted molar refractivity (Wildman–Crippen MR) is 106 cm³/mol. The van der Waals surface area contributed by atoms with Crippen molar-refractivity contribution in [3.8, 4) is 0 Å². The van der Waals surface area contributed by atoms with Crippen molar-refractivity contribution in [2.24, 2.45) is 0 Å². The Morgan fingerprint density at radius 2 is 0.957 bits per heavy atom. The van der Waals surface area contributed by atoms with E-state index in [0.29, 0.717) is 0 Å². The molecule has 0 saturated carbocycles. The molecule has 0 fully saturated rings. The Bertz CT molecular complexity index is 226. The van der Waals surface area contributed by atoms with Crippen molar-refractivity contribution in [2.45, 2.75) is 89.5 Å². The molecular formula is C20H44N2Si+. The van der Waals surface area contributed by atoms with E-state index >= 15 is 0 Å². The molecule has 2 nitrogen and oxygen atoms in total. The molecule has 0 aliphatic carbocycles. The second-order valence-electron chi connectivity index (χ2n) is 8.11. The summed E-state index contributed by atoms with van der Waals surface area (Å²) in [6.45, 7) is 3.70. The summed E-state index contributed by atoms with van der Waals surface area (Å²) in [7, 11) is 10.4. The van der Waals surface area contributed by atoms with E-state index < -0.39 is 0 Å². The molecule has 0 heterocycles. The van der Waals surface area contributed by atoms with E-state index in [9.17, 15) is 0 Å². The maximum absolute atomic E-state index is 3.50. The average Bonchev–Trinajstić information content (AvgIpc) is 2.49. The monoisotopic (exact) mass is 340 g/mol. The topological polar surface area (TPSA) is 12.0 Å². The van der Waals surface area contributed by atoms with Gasteiger partial charge in [0.15, 0.2) is 0 Å². The van der Waals surface area contributed by atoms with Crippen LogP contribution in [0.25, 0.3) is 0 Å². The Labute approximate surface area is 150 Å². The molecule has 3 radical (unpaired) electrons. The van der Waals surface area contributed by atoms with Crippen LogP contribution in [0.5, 0.6) is 0 Å². The molecule has 0 aliphatic heterocycles. The first-order valence-electron chi connectivity index (χ1n) is 10.2. The van der Waals surface area contributed by atoms with E-state index in [2.05, 4.69) is 36.7 Å². The SMILES string of the molecule is C[N+](C)(C)CCCCCCCCCCCCCCNCCC[Si]. The van der Waals surface area contributed by atoms with Crippen molar-refractivity contribution in [2.75, 3.05) is 40.8 Å². The first kappa shape index (κ1) is 23.1. The Morgan fingerprint density at radius 1 is 0.565 bits per heavy atom. The van der Waals surface area contributed by atoms with Crippen LogP contribution in [0.2, 0.25) is 6.04 Å². The molecule has 0 atom stereocenters. The molecule has 0 rings (SSSR count). The van der Waals surface area contributed by atoms with E-state index in [1.807, 2.05) is 0 Å². The highest BCUT2D eigenvalue weighted by atomic mass is 28.1. The van der Waals surface area contributed by atoms with Crippen LogP contribution in [0.1, 0.15) is 83.5 Å². The maximum Gasteiger partial charge on any atom is 0.0780 e. The first-order valence-corrected chi connectivity index (χ1v) is 10.9. The fourth-order valence-electron chi connectivity index (χ4n) is 2.94. The Morgan fingerprint density at radius 3 is 1.39 bits per heavy atom. The van der Waals surface area contributed by atoms with E-state index in [1.54, 1.807) is 0 Å². The standard InChI is InChI=1S/C20H44N2Si/c1-22(2,3)19-15-13-11-9-7-5-4-6-8-10-12-14-17-21-18-16-20-23/h21H,4-20H2,1-3H3/q+1. The van der Waals surface area contributed by atoms with Gasteiger partial charge in [-0.25, -0.2) is 0 Å². The lowest BCUT2D eigenvalue weighted by molar-refractivity contribution is -0.870. The van der Waals surface area contributed by atoms with Crippen LogP contribution < -0.4 is 5.32 Å². The number of hydrogen-bond donors (Lipinski definition) is 1. The number of nitrogens with one attached hydrogen (secondary N) is 1. The molecule has 0 aromatic heterocycles. The summed E-state index contributed by atoms with van der Waals surface area (Å²) in [5.41, 5.74) is 0. The van der Waals surface area contributed by atoms with Gasteiger partial charge in [-0.1, -0.05) is 63.8 Å². The highest BCUT2D eigenvalue weighted by molar-refractivity contribution is 6.08. The smallest absolute Gasteiger partial charge is 0.0780 e. The van der Waals surface area contributed by atoms with Crippen molar-refractivity contribution in [1.82, 2.24) is 5.32 Å². The third-order valence-corrected chi connectivity index (χ3v) is 4.82. The molecule has 23 heavy (non-hydrogen) atoms. The number of nitrogens with zero attached hydrogens (tertiary/aromatic N) is 1. The highest BCUT2D eigenvalue weighted by Gasteiger charge is 2.04. The zero-order chi connectivity index (χ0) is 17.2. The quantitative estimate of drug-likeness (QED) is 0.212. The summed E-state index contributed by atoms with van der Waals surface area (Å²) in [5, 5.41) is 3.50. The van der Waals surface area contributed by atoms with Gasteiger partial charge in [0.2, 0.25) is 0 Å². The third kappa shape index (κ3) is 22.1. The van der Waals surface area contributed by atoms with Gasteiger partial charge in [-0.2, -0.15) is 0 Å². The fourth-order valence-corrected chi connectivity index (χ4v) is 3.12. The average molecular weight is 341 g/mol. The molecule has 0 aromatic rings. The fraction of sp³-hybridized carbons (Fsp3) is 1.00. The third-order valence-electron chi connectivity index (χ3n) is 4.46. The molecule has 0 aliphatic rings. The largest absolute Gasteiger partial charge is 0.331 e. The lowest BCUT2D eigenvalue weighted by atomic mass is 10.0. The van der Waals surface area contributed by atoms with Crippen molar-refractivity contribution in [3.63, 3.8) is 0 Å². The molecule has 0 spiro atoms.